The molecule has 0 aliphatic heterocycles. The van der Waals surface area contributed by atoms with Crippen LogP contribution in [-0.4, -0.2) is 15.5 Å². The fourth-order valence-electron chi connectivity index (χ4n) is 1.88. The third-order valence-corrected chi connectivity index (χ3v) is 2.94. The molecule has 0 saturated heterocycles. The summed E-state index contributed by atoms with van der Waals surface area (Å²) >= 11 is 0. The Balaban J connectivity index is 2.21. The molecule has 0 radical (unpaired) electrons. The Morgan fingerprint density at radius 2 is 2.13 bits per heavy atom. The first kappa shape index (κ1) is 8.79. The van der Waals surface area contributed by atoms with Crippen LogP contribution in [0.25, 0.3) is 5.52 Å². The Hall–Kier alpha value is -1.49. The van der Waals surface area contributed by atoms with Gasteiger partial charge in [-0.15, -0.1) is 0 Å². The predicted octanol–water partition coefficient (Wildman–Crippen LogP) is 1.53. The van der Waals surface area contributed by atoms with Crippen LogP contribution in [0.15, 0.2) is 30.6 Å². The highest BCUT2D eigenvalue weighted by Gasteiger charge is 2.70. The topological polar surface area (TPSA) is 43.3 Å². The van der Waals surface area contributed by atoms with Gasteiger partial charge < -0.3 is 5.73 Å². The molecule has 1 aliphatic carbocycles. The monoisotopic (exact) mass is 209 g/mol. The SMILES string of the molecule is NC1(c2cnn3ccccc23)CC1(F)F. The number of halogens is 2. The Bertz CT molecular complexity index is 534. The van der Waals surface area contributed by atoms with Gasteiger partial charge in [0.2, 0.25) is 0 Å². The maximum atomic E-state index is 13.1. The van der Waals surface area contributed by atoms with Gasteiger partial charge in [0.25, 0.3) is 5.92 Å². The van der Waals surface area contributed by atoms with Gasteiger partial charge in [-0.1, -0.05) is 6.07 Å². The molecule has 0 amide bonds. The predicted molar refractivity (Wildman–Crippen MR) is 50.6 cm³/mol. The van der Waals surface area contributed by atoms with Gasteiger partial charge in [0.05, 0.1) is 11.7 Å². The van der Waals surface area contributed by atoms with Gasteiger partial charge in [0.15, 0.2) is 0 Å². The minimum Gasteiger partial charge on any atom is -0.316 e. The average Bonchev–Trinajstić information content (AvgIpc) is 2.61. The van der Waals surface area contributed by atoms with E-state index in [0.29, 0.717) is 11.1 Å². The molecule has 1 atom stereocenters. The van der Waals surface area contributed by atoms with Crippen LogP contribution in [0, 0.1) is 0 Å². The molecule has 78 valence electrons. The Morgan fingerprint density at radius 3 is 2.80 bits per heavy atom. The molecule has 2 aromatic rings. The summed E-state index contributed by atoms with van der Waals surface area (Å²) in [7, 11) is 0. The molecule has 1 aliphatic rings. The van der Waals surface area contributed by atoms with E-state index < -0.39 is 11.5 Å². The molecule has 15 heavy (non-hydrogen) atoms. The molecule has 3 nitrogen and oxygen atoms in total. The van der Waals surface area contributed by atoms with E-state index in [1.165, 1.54) is 6.20 Å². The van der Waals surface area contributed by atoms with Gasteiger partial charge in [-0.2, -0.15) is 5.10 Å². The van der Waals surface area contributed by atoms with E-state index in [4.69, 9.17) is 5.73 Å². The van der Waals surface area contributed by atoms with Crippen molar-refractivity contribution in [1.29, 1.82) is 0 Å². The molecule has 3 rings (SSSR count). The highest BCUT2D eigenvalue weighted by atomic mass is 19.3. The fourth-order valence-corrected chi connectivity index (χ4v) is 1.88. The van der Waals surface area contributed by atoms with Crippen molar-refractivity contribution in [3.8, 4) is 0 Å². The lowest BCUT2D eigenvalue weighted by atomic mass is 10.1. The van der Waals surface area contributed by atoms with Gasteiger partial charge >= 0.3 is 0 Å². The average molecular weight is 209 g/mol. The maximum absolute atomic E-state index is 13.1. The van der Waals surface area contributed by atoms with Crippen LogP contribution in [0.2, 0.25) is 0 Å². The quantitative estimate of drug-likeness (QED) is 0.773. The number of hydrogen-bond donors (Lipinski definition) is 1. The lowest BCUT2D eigenvalue weighted by Gasteiger charge is -2.07. The Kier molecular flexibility index (Phi) is 1.38. The summed E-state index contributed by atoms with van der Waals surface area (Å²) in [5.74, 6) is -2.80. The third-order valence-electron chi connectivity index (χ3n) is 2.94. The van der Waals surface area contributed by atoms with E-state index in [0.717, 1.165) is 0 Å². The lowest BCUT2D eigenvalue weighted by Crippen LogP contribution is -2.26. The van der Waals surface area contributed by atoms with Crippen LogP contribution in [0.1, 0.15) is 12.0 Å². The van der Waals surface area contributed by atoms with Crippen molar-refractivity contribution >= 4 is 5.52 Å². The van der Waals surface area contributed by atoms with Crippen LogP contribution in [0.3, 0.4) is 0 Å². The molecule has 1 unspecified atom stereocenters. The molecule has 2 N–H and O–H groups in total. The second-order valence-corrected chi connectivity index (χ2v) is 3.94. The van der Waals surface area contributed by atoms with Gasteiger partial charge in [0.1, 0.15) is 5.54 Å². The van der Waals surface area contributed by atoms with E-state index >= 15 is 0 Å². The summed E-state index contributed by atoms with van der Waals surface area (Å²) in [5.41, 5.74) is 5.21. The molecular weight excluding hydrogens is 200 g/mol. The van der Waals surface area contributed by atoms with Crippen LogP contribution < -0.4 is 5.73 Å². The summed E-state index contributed by atoms with van der Waals surface area (Å²) in [6.45, 7) is 0. The maximum Gasteiger partial charge on any atom is 0.272 e. The van der Waals surface area contributed by atoms with Crippen molar-refractivity contribution in [3.05, 3.63) is 36.2 Å². The second-order valence-electron chi connectivity index (χ2n) is 3.94. The molecule has 1 saturated carbocycles. The summed E-state index contributed by atoms with van der Waals surface area (Å²) in [5, 5.41) is 3.99. The zero-order valence-corrected chi connectivity index (χ0v) is 7.82. The molecule has 0 aromatic carbocycles. The zero-order chi connectivity index (χ0) is 10.7. The number of fused-ring (bicyclic) bond motifs is 1. The van der Waals surface area contributed by atoms with Crippen molar-refractivity contribution in [1.82, 2.24) is 9.61 Å². The van der Waals surface area contributed by atoms with E-state index in [2.05, 4.69) is 5.10 Å². The third kappa shape index (κ3) is 0.982. The number of nitrogens with zero attached hydrogens (tertiary/aromatic N) is 2. The van der Waals surface area contributed by atoms with Crippen molar-refractivity contribution in [2.45, 2.75) is 17.9 Å². The van der Waals surface area contributed by atoms with E-state index in [1.54, 1.807) is 28.9 Å². The van der Waals surface area contributed by atoms with Crippen LogP contribution in [0.5, 0.6) is 0 Å². The summed E-state index contributed by atoms with van der Waals surface area (Å²) in [4.78, 5) is 0. The number of rotatable bonds is 1. The minimum atomic E-state index is -2.80. The van der Waals surface area contributed by atoms with Gasteiger partial charge in [-0.25, -0.2) is 13.3 Å². The molecule has 0 spiro atoms. The summed E-state index contributed by atoms with van der Waals surface area (Å²) in [6, 6.07) is 5.31. The lowest BCUT2D eigenvalue weighted by molar-refractivity contribution is 0.0894. The summed E-state index contributed by atoms with van der Waals surface area (Å²) in [6.07, 6.45) is 2.84. The number of alkyl halides is 2. The van der Waals surface area contributed by atoms with Gasteiger partial charge in [0, 0.05) is 18.2 Å². The Labute approximate surface area is 84.5 Å². The molecule has 1 fully saturated rings. The highest BCUT2D eigenvalue weighted by Crippen LogP contribution is 2.58. The van der Waals surface area contributed by atoms with Crippen LogP contribution >= 0.6 is 0 Å². The largest absolute Gasteiger partial charge is 0.316 e. The first-order valence-corrected chi connectivity index (χ1v) is 4.64. The van der Waals surface area contributed by atoms with Gasteiger partial charge in [-0.3, -0.25) is 0 Å². The Morgan fingerprint density at radius 1 is 1.40 bits per heavy atom. The fraction of sp³-hybridized carbons (Fsp3) is 0.300. The second kappa shape index (κ2) is 2.36. The van der Waals surface area contributed by atoms with Crippen molar-refractivity contribution in [2.24, 2.45) is 5.73 Å². The number of nitrogens with two attached hydrogens (primary N) is 1. The van der Waals surface area contributed by atoms with Crippen molar-refractivity contribution in [3.63, 3.8) is 0 Å². The number of pyridine rings is 1. The van der Waals surface area contributed by atoms with Crippen LogP contribution in [-0.2, 0) is 5.54 Å². The van der Waals surface area contributed by atoms with Crippen LogP contribution in [0.4, 0.5) is 8.78 Å². The van der Waals surface area contributed by atoms with E-state index in [1.807, 2.05) is 0 Å². The number of aromatic nitrogens is 2. The first-order valence-electron chi connectivity index (χ1n) is 4.64. The molecule has 2 aromatic heterocycles. The van der Waals surface area contributed by atoms with Crippen molar-refractivity contribution in [2.75, 3.05) is 0 Å². The van der Waals surface area contributed by atoms with E-state index in [-0.39, 0.29) is 6.42 Å². The van der Waals surface area contributed by atoms with Gasteiger partial charge in [-0.05, 0) is 12.1 Å². The molecule has 5 heteroatoms. The first-order chi connectivity index (χ1) is 7.05. The van der Waals surface area contributed by atoms with E-state index in [9.17, 15) is 8.78 Å². The number of hydrogen-bond acceptors (Lipinski definition) is 2. The normalized spacial score (nSPS) is 28.2. The molecule has 0 bridgehead atoms. The molecule has 2 heterocycles. The van der Waals surface area contributed by atoms with Crippen molar-refractivity contribution < 1.29 is 8.78 Å². The summed E-state index contributed by atoms with van der Waals surface area (Å²) < 4.78 is 27.8. The smallest absolute Gasteiger partial charge is 0.272 e. The standard InChI is InChI=1S/C10H9F2N3/c11-10(12)6-9(10,13)7-5-14-15-4-2-1-3-8(7)15/h1-5H,6,13H2. The highest BCUT2D eigenvalue weighted by molar-refractivity contribution is 5.59. The molecular formula is C10H9F2N3. The zero-order valence-electron chi connectivity index (χ0n) is 7.82. The minimum absolute atomic E-state index is 0.295.